The molecule has 8 heteroatoms. The van der Waals surface area contributed by atoms with E-state index < -0.39 is 12.3 Å². The Labute approximate surface area is 205 Å². The summed E-state index contributed by atoms with van der Waals surface area (Å²) in [6.45, 7) is 3.46. The van der Waals surface area contributed by atoms with E-state index in [0.29, 0.717) is 36.2 Å². The summed E-state index contributed by atoms with van der Waals surface area (Å²) in [5.41, 5.74) is 3.50. The molecule has 1 unspecified atom stereocenters. The molecule has 0 bridgehead atoms. The summed E-state index contributed by atoms with van der Waals surface area (Å²) in [5.74, 6) is -0.0726. The summed E-state index contributed by atoms with van der Waals surface area (Å²) in [5, 5.41) is 9.87. The van der Waals surface area contributed by atoms with Gasteiger partial charge in [0.05, 0.1) is 18.8 Å². The number of halogens is 1. The molecule has 1 aromatic heterocycles. The van der Waals surface area contributed by atoms with Crippen LogP contribution in [-0.4, -0.2) is 48.1 Å². The predicted molar refractivity (Wildman–Crippen MR) is 131 cm³/mol. The van der Waals surface area contributed by atoms with E-state index in [1.54, 1.807) is 26.4 Å². The Morgan fingerprint density at radius 3 is 2.50 bits per heavy atom. The van der Waals surface area contributed by atoms with Crippen LogP contribution in [-0.2, 0) is 27.2 Å². The van der Waals surface area contributed by atoms with Crippen LogP contribution < -0.4 is 0 Å². The number of ether oxygens (including phenoxy) is 3. The number of aryl methyl sites for hydroxylation is 1. The van der Waals surface area contributed by atoms with Crippen molar-refractivity contribution < 1.29 is 24.1 Å². The summed E-state index contributed by atoms with van der Waals surface area (Å²) < 4.78 is 18.6. The quantitative estimate of drug-likeness (QED) is 0.250. The number of carboxylic acids is 1. The normalized spacial score (nSPS) is 12.1. The van der Waals surface area contributed by atoms with Gasteiger partial charge in [-0.15, -0.1) is 0 Å². The van der Waals surface area contributed by atoms with Gasteiger partial charge >= 0.3 is 5.97 Å². The van der Waals surface area contributed by atoms with Crippen LogP contribution in [0.4, 0.5) is 0 Å². The molecule has 1 atom stereocenters. The van der Waals surface area contributed by atoms with Gasteiger partial charge in [-0.1, -0.05) is 67.4 Å². The minimum atomic E-state index is -0.947. The average Bonchev–Trinajstić information content (AvgIpc) is 3.15. The highest BCUT2D eigenvalue weighted by atomic mass is 35.5. The zero-order chi connectivity index (χ0) is 24.5. The first-order valence-corrected chi connectivity index (χ1v) is 11.7. The van der Waals surface area contributed by atoms with E-state index in [1.165, 1.54) is 0 Å². The topological polar surface area (TPSA) is 82.8 Å². The Morgan fingerprint density at radius 2 is 1.85 bits per heavy atom. The number of aromatic carboxylic acids is 1. The molecule has 0 amide bonds. The van der Waals surface area contributed by atoms with Gasteiger partial charge in [0.2, 0.25) is 6.29 Å². The summed E-state index contributed by atoms with van der Waals surface area (Å²) in [6, 6.07) is 14.8. The van der Waals surface area contributed by atoms with Crippen molar-refractivity contribution in [2.75, 3.05) is 27.4 Å². The number of benzene rings is 2. The van der Waals surface area contributed by atoms with Gasteiger partial charge in [0, 0.05) is 27.2 Å². The maximum absolute atomic E-state index is 11.6. The second kappa shape index (κ2) is 12.7. The van der Waals surface area contributed by atoms with E-state index in [9.17, 15) is 9.90 Å². The van der Waals surface area contributed by atoms with Crippen molar-refractivity contribution in [3.8, 4) is 11.1 Å². The van der Waals surface area contributed by atoms with Gasteiger partial charge in [0.15, 0.2) is 5.15 Å². The number of unbranched alkanes of at least 4 members (excludes halogenated alkanes) is 1. The lowest BCUT2D eigenvalue weighted by molar-refractivity contribution is -0.139. The van der Waals surface area contributed by atoms with E-state index in [-0.39, 0.29) is 5.56 Å². The van der Waals surface area contributed by atoms with Gasteiger partial charge in [0.1, 0.15) is 11.5 Å². The van der Waals surface area contributed by atoms with E-state index in [0.717, 1.165) is 36.2 Å². The Morgan fingerprint density at radius 1 is 1.12 bits per heavy atom. The number of hydrogen-bond acceptors (Lipinski definition) is 5. The fourth-order valence-electron chi connectivity index (χ4n) is 3.80. The largest absolute Gasteiger partial charge is 0.478 e. The van der Waals surface area contributed by atoms with Crippen LogP contribution in [0, 0.1) is 0 Å². The molecule has 1 N–H and O–H groups in total. The fourth-order valence-corrected chi connectivity index (χ4v) is 4.09. The molecular weight excluding hydrogens is 456 g/mol. The molecule has 3 rings (SSSR count). The van der Waals surface area contributed by atoms with Gasteiger partial charge in [-0.05, 0) is 29.2 Å². The van der Waals surface area contributed by atoms with Crippen LogP contribution in [0.3, 0.4) is 0 Å². The lowest BCUT2D eigenvalue weighted by Gasteiger charge is -2.20. The number of carbonyl (C=O) groups is 1. The first kappa shape index (κ1) is 25.9. The van der Waals surface area contributed by atoms with Crippen LogP contribution in [0.15, 0.2) is 48.5 Å². The van der Waals surface area contributed by atoms with Crippen molar-refractivity contribution in [2.45, 2.75) is 39.0 Å². The number of aromatic nitrogens is 2. The van der Waals surface area contributed by atoms with Crippen molar-refractivity contribution in [2.24, 2.45) is 0 Å². The molecule has 0 spiro atoms. The highest BCUT2D eigenvalue weighted by Crippen LogP contribution is 2.30. The van der Waals surface area contributed by atoms with Gasteiger partial charge in [-0.25, -0.2) is 9.78 Å². The van der Waals surface area contributed by atoms with Crippen LogP contribution in [0.1, 0.15) is 53.5 Å². The minimum absolute atomic E-state index is 0.275. The van der Waals surface area contributed by atoms with Crippen molar-refractivity contribution in [1.82, 2.24) is 9.55 Å². The number of carboxylic acid groups (broad SMARTS) is 1. The summed E-state index contributed by atoms with van der Waals surface area (Å²) in [4.78, 5) is 16.2. The number of rotatable bonds is 13. The highest BCUT2D eigenvalue weighted by Gasteiger charge is 2.24. The number of methoxy groups -OCH3 is 2. The first-order valence-electron chi connectivity index (χ1n) is 11.3. The van der Waals surface area contributed by atoms with E-state index in [1.807, 2.05) is 36.4 Å². The third-order valence-corrected chi connectivity index (χ3v) is 5.83. The SMILES string of the molecule is CCCCc1nc(Cl)c(C(OC)OCCOC)n1Cc1ccc(-c2ccccc2C(=O)O)cc1. The standard InChI is InChI=1S/C26H31ClN2O5/c1-4-5-10-22-28-24(27)23(26(33-3)34-16-15-32-2)29(22)17-18-11-13-19(14-12-18)20-8-6-7-9-21(20)25(30)31/h6-9,11-14,26H,4-5,10,15-17H2,1-3H3,(H,30,31). The molecule has 2 aromatic carbocycles. The van der Waals surface area contributed by atoms with E-state index in [4.69, 9.17) is 25.8 Å². The monoisotopic (exact) mass is 486 g/mol. The van der Waals surface area contributed by atoms with Crippen molar-refractivity contribution >= 4 is 17.6 Å². The molecule has 0 radical (unpaired) electrons. The molecule has 0 saturated heterocycles. The fraction of sp³-hybridized carbons (Fsp3) is 0.385. The zero-order valence-corrected chi connectivity index (χ0v) is 20.5. The van der Waals surface area contributed by atoms with Gasteiger partial charge in [0.25, 0.3) is 0 Å². The number of nitrogens with zero attached hydrogens (tertiary/aromatic N) is 2. The van der Waals surface area contributed by atoms with Crippen LogP contribution in [0.5, 0.6) is 0 Å². The molecule has 3 aromatic rings. The molecule has 1 heterocycles. The molecule has 0 aliphatic heterocycles. The highest BCUT2D eigenvalue weighted by molar-refractivity contribution is 6.30. The van der Waals surface area contributed by atoms with Gasteiger partial charge < -0.3 is 23.9 Å². The van der Waals surface area contributed by atoms with Gasteiger partial charge in [-0.2, -0.15) is 0 Å². The maximum Gasteiger partial charge on any atom is 0.336 e. The molecule has 0 aliphatic carbocycles. The lowest BCUT2D eigenvalue weighted by atomic mass is 9.99. The maximum atomic E-state index is 11.6. The second-order valence-electron chi connectivity index (χ2n) is 7.87. The zero-order valence-electron chi connectivity index (χ0n) is 19.8. The van der Waals surface area contributed by atoms with Crippen LogP contribution in [0.2, 0.25) is 5.15 Å². The Balaban J connectivity index is 1.92. The Kier molecular flexibility index (Phi) is 9.65. The van der Waals surface area contributed by atoms with Crippen LogP contribution >= 0.6 is 11.6 Å². The average molecular weight is 487 g/mol. The third-order valence-electron chi connectivity index (χ3n) is 5.55. The van der Waals surface area contributed by atoms with E-state index >= 15 is 0 Å². The summed E-state index contributed by atoms with van der Waals surface area (Å²) >= 11 is 6.56. The Bertz CT molecular complexity index is 1080. The van der Waals surface area contributed by atoms with Gasteiger partial charge in [-0.3, -0.25) is 0 Å². The molecule has 0 aliphatic rings. The molecule has 34 heavy (non-hydrogen) atoms. The molecule has 182 valence electrons. The smallest absolute Gasteiger partial charge is 0.336 e. The first-order chi connectivity index (χ1) is 16.5. The van der Waals surface area contributed by atoms with Crippen LogP contribution in [0.25, 0.3) is 11.1 Å². The lowest BCUT2D eigenvalue weighted by Crippen LogP contribution is -2.17. The number of hydrogen-bond donors (Lipinski definition) is 1. The summed E-state index contributed by atoms with van der Waals surface area (Å²) in [7, 11) is 3.19. The van der Waals surface area contributed by atoms with Crippen molar-refractivity contribution in [3.05, 3.63) is 76.3 Å². The second-order valence-corrected chi connectivity index (χ2v) is 8.23. The van der Waals surface area contributed by atoms with E-state index in [2.05, 4.69) is 16.5 Å². The predicted octanol–water partition coefficient (Wildman–Crippen LogP) is 5.60. The molecule has 0 fully saturated rings. The summed E-state index contributed by atoms with van der Waals surface area (Å²) in [6.07, 6.45) is 2.14. The molecular formula is C26H31ClN2O5. The number of imidazole rings is 1. The molecule has 7 nitrogen and oxygen atoms in total. The Hall–Kier alpha value is -2.71. The minimum Gasteiger partial charge on any atom is -0.478 e. The van der Waals surface area contributed by atoms with Crippen molar-refractivity contribution in [1.29, 1.82) is 0 Å². The molecule has 0 saturated carbocycles. The third kappa shape index (κ3) is 6.24. The van der Waals surface area contributed by atoms with Crippen molar-refractivity contribution in [3.63, 3.8) is 0 Å².